The minimum Gasteiger partial charge on any atom is -0.489 e. The van der Waals surface area contributed by atoms with Crippen LogP contribution in [0.5, 0.6) is 5.75 Å². The minimum atomic E-state index is -1.09. The van der Waals surface area contributed by atoms with Gasteiger partial charge in [-0.15, -0.1) is 0 Å². The number of rotatable bonds is 5. The molecular weight excluding hydrogens is 458 g/mol. The van der Waals surface area contributed by atoms with E-state index in [0.29, 0.717) is 24.1 Å². The molecule has 0 radical (unpaired) electrons. The number of nitrogens with zero attached hydrogens (tertiary/aromatic N) is 2. The van der Waals surface area contributed by atoms with E-state index in [-0.39, 0.29) is 18.1 Å². The van der Waals surface area contributed by atoms with Gasteiger partial charge in [0.05, 0.1) is 34.4 Å². The van der Waals surface area contributed by atoms with Gasteiger partial charge in [0.15, 0.2) is 11.6 Å². The van der Waals surface area contributed by atoms with E-state index in [1.807, 2.05) is 12.1 Å². The van der Waals surface area contributed by atoms with Crippen LogP contribution in [0.25, 0.3) is 0 Å². The predicted molar refractivity (Wildman–Crippen MR) is 131 cm³/mol. The number of hydrogen-bond donors (Lipinski definition) is 2. The molecule has 33 heavy (non-hydrogen) atoms. The third-order valence-corrected chi connectivity index (χ3v) is 9.78. The first-order valence-electron chi connectivity index (χ1n) is 12.1. The van der Waals surface area contributed by atoms with E-state index in [0.717, 1.165) is 78.7 Å². The summed E-state index contributed by atoms with van der Waals surface area (Å²) < 4.78 is 19.3. The Morgan fingerprint density at radius 2 is 1.94 bits per heavy atom. The van der Waals surface area contributed by atoms with Crippen molar-refractivity contribution < 1.29 is 14.1 Å². The quantitative estimate of drug-likeness (QED) is 0.649. The first-order chi connectivity index (χ1) is 16.1. The zero-order valence-corrected chi connectivity index (χ0v) is 20.3. The molecule has 2 N–H and O–H groups in total. The van der Waals surface area contributed by atoms with Crippen LogP contribution in [0.2, 0.25) is 5.02 Å². The fourth-order valence-electron chi connectivity index (χ4n) is 5.82. The average molecular weight is 488 g/mol. The smallest absolute Gasteiger partial charge is 0.173 e. The average Bonchev–Trinajstić information content (AvgIpc) is 3.16. The molecule has 2 unspecified atom stereocenters. The minimum absolute atomic E-state index is 0.0690. The lowest BCUT2D eigenvalue weighted by Crippen LogP contribution is -2.48. The van der Waals surface area contributed by atoms with Gasteiger partial charge < -0.3 is 20.1 Å². The first-order valence-corrected chi connectivity index (χ1v) is 13.8. The van der Waals surface area contributed by atoms with Crippen molar-refractivity contribution in [2.45, 2.75) is 60.8 Å². The molecule has 0 bridgehead atoms. The Morgan fingerprint density at radius 3 is 2.61 bits per heavy atom. The number of benzene rings is 1. The summed E-state index contributed by atoms with van der Waals surface area (Å²) in [5.74, 6) is 3.84. The molecule has 0 amide bonds. The molecule has 3 aliphatic heterocycles. The number of nitrogens with one attached hydrogen (secondary N) is 1. The monoisotopic (exact) mass is 487 g/mol. The van der Waals surface area contributed by atoms with Crippen molar-refractivity contribution >= 4 is 34.0 Å². The summed E-state index contributed by atoms with van der Waals surface area (Å²) in [5.41, 5.74) is 2.10. The summed E-state index contributed by atoms with van der Waals surface area (Å²) in [6, 6.07) is 8.22. The normalized spacial score (nSPS) is 25.8. The second-order valence-electron chi connectivity index (χ2n) is 9.93. The van der Waals surface area contributed by atoms with Crippen LogP contribution in [0.15, 0.2) is 29.2 Å². The SMILES string of the molecule is O=S1CC2CCOc3c(N4CCC(c5ccc(Cl)cc5)CC4)nc(NC4(CO)CCC4)c1c32. The van der Waals surface area contributed by atoms with Crippen LogP contribution in [0.4, 0.5) is 11.6 Å². The molecular formula is C25H30ClN3O3S. The molecule has 6 rings (SSSR count). The van der Waals surface area contributed by atoms with Gasteiger partial charge >= 0.3 is 0 Å². The highest BCUT2D eigenvalue weighted by Crippen LogP contribution is 2.51. The highest BCUT2D eigenvalue weighted by Gasteiger charge is 2.43. The Balaban J connectivity index is 1.33. The molecule has 4 heterocycles. The lowest BCUT2D eigenvalue weighted by molar-refractivity contribution is 0.143. The largest absolute Gasteiger partial charge is 0.489 e. The second-order valence-corrected chi connectivity index (χ2v) is 11.8. The molecule has 2 atom stereocenters. The Labute approximate surface area is 202 Å². The van der Waals surface area contributed by atoms with Gasteiger partial charge in [0.1, 0.15) is 5.82 Å². The maximum Gasteiger partial charge on any atom is 0.173 e. The highest BCUT2D eigenvalue weighted by atomic mass is 35.5. The van der Waals surface area contributed by atoms with E-state index in [2.05, 4.69) is 22.3 Å². The molecule has 176 valence electrons. The van der Waals surface area contributed by atoms with Crippen LogP contribution < -0.4 is 15.0 Å². The van der Waals surface area contributed by atoms with Crippen molar-refractivity contribution in [3.63, 3.8) is 0 Å². The van der Waals surface area contributed by atoms with Gasteiger partial charge in [-0.2, -0.15) is 0 Å². The standard InChI is InChI=1S/C25H30ClN3O3S/c26-19-4-2-16(3-5-19)17-6-11-29(12-7-17)24-21-20-18(8-13-32-21)14-33(31)22(20)23(27-24)28-25(15-30)9-1-10-25/h2-5,17-18,30H,1,6-15H2,(H,27,28). The highest BCUT2D eigenvalue weighted by molar-refractivity contribution is 7.85. The number of pyridine rings is 1. The summed E-state index contributed by atoms with van der Waals surface area (Å²) in [6.07, 6.45) is 5.90. The van der Waals surface area contributed by atoms with E-state index in [4.69, 9.17) is 21.3 Å². The van der Waals surface area contributed by atoms with Gasteiger partial charge in [-0.3, -0.25) is 4.21 Å². The van der Waals surface area contributed by atoms with Gasteiger partial charge in [0, 0.05) is 35.3 Å². The molecule has 1 saturated heterocycles. The van der Waals surface area contributed by atoms with Gasteiger partial charge in [-0.05, 0) is 62.1 Å². The number of hydrogen-bond acceptors (Lipinski definition) is 6. The maximum atomic E-state index is 13.1. The molecule has 0 spiro atoms. The van der Waals surface area contributed by atoms with E-state index >= 15 is 0 Å². The molecule has 8 heteroatoms. The Hall–Kier alpha value is -1.83. The van der Waals surface area contributed by atoms with E-state index in [9.17, 15) is 9.32 Å². The Morgan fingerprint density at radius 1 is 1.18 bits per heavy atom. The van der Waals surface area contributed by atoms with Crippen LogP contribution >= 0.6 is 11.6 Å². The first kappa shape index (κ1) is 21.7. The number of aromatic nitrogens is 1. The van der Waals surface area contributed by atoms with E-state index in [1.54, 1.807) is 0 Å². The fourth-order valence-corrected chi connectivity index (χ4v) is 7.63. The van der Waals surface area contributed by atoms with Gasteiger partial charge in [0.25, 0.3) is 0 Å². The lowest BCUT2D eigenvalue weighted by atomic mass is 9.77. The van der Waals surface area contributed by atoms with Crippen LogP contribution in [-0.2, 0) is 10.8 Å². The van der Waals surface area contributed by atoms with Crippen molar-refractivity contribution in [3.8, 4) is 5.75 Å². The summed E-state index contributed by atoms with van der Waals surface area (Å²) in [4.78, 5) is 8.20. The third kappa shape index (κ3) is 3.72. The summed E-state index contributed by atoms with van der Waals surface area (Å²) in [5, 5.41) is 14.4. The van der Waals surface area contributed by atoms with Gasteiger partial charge in [-0.1, -0.05) is 23.7 Å². The number of anilines is 2. The molecule has 6 nitrogen and oxygen atoms in total. The molecule has 2 aromatic rings. The number of ether oxygens (including phenoxy) is 1. The topological polar surface area (TPSA) is 74.7 Å². The van der Waals surface area contributed by atoms with Crippen molar-refractivity contribution in [2.75, 3.05) is 42.3 Å². The zero-order valence-electron chi connectivity index (χ0n) is 18.7. The number of piperidine rings is 1. The molecule has 1 saturated carbocycles. The Kier molecular flexibility index (Phi) is 5.54. The van der Waals surface area contributed by atoms with Crippen LogP contribution in [0.1, 0.15) is 61.5 Å². The maximum absolute atomic E-state index is 13.1. The molecule has 1 aliphatic carbocycles. The van der Waals surface area contributed by atoms with Crippen LogP contribution in [-0.4, -0.2) is 51.9 Å². The summed E-state index contributed by atoms with van der Waals surface area (Å²) in [6.45, 7) is 2.51. The molecule has 1 aromatic carbocycles. The Bertz CT molecular complexity index is 1080. The van der Waals surface area contributed by atoms with Gasteiger partial charge in [0.2, 0.25) is 0 Å². The molecule has 1 aromatic heterocycles. The van der Waals surface area contributed by atoms with Crippen LogP contribution in [0, 0.1) is 0 Å². The van der Waals surface area contributed by atoms with Crippen molar-refractivity contribution in [2.24, 2.45) is 0 Å². The predicted octanol–water partition coefficient (Wildman–Crippen LogP) is 4.43. The number of halogens is 1. The van der Waals surface area contributed by atoms with E-state index in [1.165, 1.54) is 5.56 Å². The van der Waals surface area contributed by atoms with Crippen molar-refractivity contribution in [1.29, 1.82) is 0 Å². The van der Waals surface area contributed by atoms with E-state index < -0.39 is 10.8 Å². The van der Waals surface area contributed by atoms with Gasteiger partial charge in [-0.25, -0.2) is 4.98 Å². The van der Waals surface area contributed by atoms with Crippen molar-refractivity contribution in [1.82, 2.24) is 4.98 Å². The second kappa shape index (κ2) is 8.43. The van der Waals surface area contributed by atoms with Crippen molar-refractivity contribution in [3.05, 3.63) is 40.4 Å². The zero-order chi connectivity index (χ0) is 22.6. The fraction of sp³-hybridized carbons (Fsp3) is 0.560. The summed E-state index contributed by atoms with van der Waals surface area (Å²) in [7, 11) is -1.09. The number of aliphatic hydroxyl groups excluding tert-OH is 1. The third-order valence-electron chi connectivity index (χ3n) is 7.96. The van der Waals surface area contributed by atoms with Crippen LogP contribution in [0.3, 0.4) is 0 Å². The lowest BCUT2D eigenvalue weighted by Gasteiger charge is -2.42. The molecule has 2 fully saturated rings. The molecule has 4 aliphatic rings. The number of aliphatic hydroxyl groups is 1. The summed E-state index contributed by atoms with van der Waals surface area (Å²) >= 11 is 6.07.